The van der Waals surface area contributed by atoms with Gasteiger partial charge < -0.3 is 14.2 Å². The summed E-state index contributed by atoms with van der Waals surface area (Å²) in [5.41, 5.74) is 2.87. The van der Waals surface area contributed by atoms with Crippen molar-refractivity contribution in [1.82, 2.24) is 5.32 Å². The number of carbonyl (C=O) groups is 3. The molecule has 0 bridgehead atoms. The summed E-state index contributed by atoms with van der Waals surface area (Å²) in [6.07, 6.45) is 1.38. The fourth-order valence-electron chi connectivity index (χ4n) is 3.72. The lowest BCUT2D eigenvalue weighted by atomic mass is 10.1. The smallest absolute Gasteiger partial charge is 0.335 e. The van der Waals surface area contributed by atoms with Crippen LogP contribution in [0.4, 0.5) is 10.5 Å². The lowest BCUT2D eigenvalue weighted by Crippen LogP contribution is -2.54. The molecule has 0 unspecified atom stereocenters. The van der Waals surface area contributed by atoms with Crippen LogP contribution in [0.15, 0.2) is 64.6 Å². The first kappa shape index (κ1) is 27.2. The third kappa shape index (κ3) is 6.00. The van der Waals surface area contributed by atoms with Crippen molar-refractivity contribution >= 4 is 57.1 Å². The Kier molecular flexibility index (Phi) is 8.38. The highest BCUT2D eigenvalue weighted by Crippen LogP contribution is 2.37. The molecule has 1 fully saturated rings. The van der Waals surface area contributed by atoms with Crippen LogP contribution in [0.1, 0.15) is 16.7 Å². The molecule has 3 aromatic rings. The Balaban J connectivity index is 1.51. The number of carbonyl (C=O) groups excluding carboxylic acids is 3. The first-order valence-electron chi connectivity index (χ1n) is 11.6. The van der Waals surface area contributed by atoms with Gasteiger partial charge in [0.05, 0.1) is 17.3 Å². The summed E-state index contributed by atoms with van der Waals surface area (Å²) in [6.45, 7) is 4.63. The number of anilines is 1. The SMILES string of the molecule is COc1cc(C=C2C(=O)NC(=O)N(c3ccc(Cl)cc3)C2=O)cc(Br)c1OCCOc1ccc(C)c(C)c1. The van der Waals surface area contributed by atoms with E-state index >= 15 is 0 Å². The molecule has 4 amide bonds. The van der Waals surface area contributed by atoms with Gasteiger partial charge in [-0.2, -0.15) is 0 Å². The van der Waals surface area contributed by atoms with Crippen molar-refractivity contribution < 1.29 is 28.6 Å². The first-order chi connectivity index (χ1) is 18.2. The molecule has 1 aliphatic rings. The van der Waals surface area contributed by atoms with Crippen molar-refractivity contribution in [2.24, 2.45) is 0 Å². The first-order valence-corrected chi connectivity index (χ1v) is 12.7. The quantitative estimate of drug-likeness (QED) is 0.198. The van der Waals surface area contributed by atoms with Gasteiger partial charge in [-0.05, 0) is 101 Å². The largest absolute Gasteiger partial charge is 0.493 e. The van der Waals surface area contributed by atoms with Gasteiger partial charge in [0.1, 0.15) is 24.5 Å². The molecule has 38 heavy (non-hydrogen) atoms. The van der Waals surface area contributed by atoms with Gasteiger partial charge in [-0.3, -0.25) is 14.9 Å². The molecule has 0 aromatic heterocycles. The third-order valence-electron chi connectivity index (χ3n) is 5.83. The molecule has 1 saturated heterocycles. The molecule has 0 spiro atoms. The number of nitrogens with zero attached hydrogens (tertiary/aromatic N) is 1. The second-order valence-electron chi connectivity index (χ2n) is 8.41. The molecule has 0 radical (unpaired) electrons. The fourth-order valence-corrected chi connectivity index (χ4v) is 4.42. The fraction of sp³-hybridized carbons (Fsp3) is 0.179. The van der Waals surface area contributed by atoms with Crippen LogP contribution in [0, 0.1) is 13.8 Å². The lowest BCUT2D eigenvalue weighted by Gasteiger charge is -2.26. The highest BCUT2D eigenvalue weighted by Gasteiger charge is 2.36. The minimum absolute atomic E-state index is 0.219. The van der Waals surface area contributed by atoms with Gasteiger partial charge >= 0.3 is 6.03 Å². The van der Waals surface area contributed by atoms with Crippen LogP contribution in [0.3, 0.4) is 0 Å². The van der Waals surface area contributed by atoms with Crippen LogP contribution >= 0.6 is 27.5 Å². The highest BCUT2D eigenvalue weighted by molar-refractivity contribution is 9.10. The average molecular weight is 600 g/mol. The number of hydrogen-bond acceptors (Lipinski definition) is 6. The monoisotopic (exact) mass is 598 g/mol. The average Bonchev–Trinajstić information content (AvgIpc) is 2.88. The Hall–Kier alpha value is -3.82. The lowest BCUT2D eigenvalue weighted by molar-refractivity contribution is -0.122. The summed E-state index contributed by atoms with van der Waals surface area (Å²) in [7, 11) is 1.48. The number of ether oxygens (including phenoxy) is 3. The second-order valence-corrected chi connectivity index (χ2v) is 9.70. The normalized spacial score (nSPS) is 14.5. The number of methoxy groups -OCH3 is 1. The van der Waals surface area contributed by atoms with E-state index in [1.165, 1.54) is 30.9 Å². The number of barbiturate groups is 1. The van der Waals surface area contributed by atoms with Gasteiger partial charge in [0.2, 0.25) is 0 Å². The zero-order valence-corrected chi connectivity index (χ0v) is 23.2. The topological polar surface area (TPSA) is 94.2 Å². The summed E-state index contributed by atoms with van der Waals surface area (Å²) in [5, 5.41) is 2.64. The van der Waals surface area contributed by atoms with Gasteiger partial charge in [-0.25, -0.2) is 9.69 Å². The van der Waals surface area contributed by atoms with Crippen LogP contribution in [-0.4, -0.2) is 38.2 Å². The predicted octanol–water partition coefficient (Wildman–Crippen LogP) is 5.85. The van der Waals surface area contributed by atoms with Crippen LogP contribution < -0.4 is 24.4 Å². The van der Waals surface area contributed by atoms with Crippen molar-refractivity contribution in [3.05, 3.63) is 86.4 Å². The van der Waals surface area contributed by atoms with E-state index in [0.717, 1.165) is 16.2 Å². The Bertz CT molecular complexity index is 1440. The Morgan fingerprint density at radius 2 is 1.66 bits per heavy atom. The van der Waals surface area contributed by atoms with Gasteiger partial charge in [0.25, 0.3) is 11.8 Å². The van der Waals surface area contributed by atoms with Gasteiger partial charge in [0, 0.05) is 5.02 Å². The molecule has 3 aromatic carbocycles. The predicted molar refractivity (Wildman–Crippen MR) is 148 cm³/mol. The molecule has 0 atom stereocenters. The summed E-state index contributed by atoms with van der Waals surface area (Å²) in [5.74, 6) is 0.0118. The third-order valence-corrected chi connectivity index (χ3v) is 6.67. The minimum Gasteiger partial charge on any atom is -0.493 e. The molecule has 1 heterocycles. The van der Waals surface area contributed by atoms with E-state index < -0.39 is 17.8 Å². The minimum atomic E-state index is -0.843. The van der Waals surface area contributed by atoms with Crippen LogP contribution in [0.2, 0.25) is 5.02 Å². The van der Waals surface area contributed by atoms with E-state index in [1.807, 2.05) is 32.0 Å². The Morgan fingerprint density at radius 3 is 2.34 bits per heavy atom. The maximum atomic E-state index is 13.1. The van der Waals surface area contributed by atoms with Gasteiger partial charge in [0.15, 0.2) is 11.5 Å². The number of hydrogen-bond donors (Lipinski definition) is 1. The van der Waals surface area contributed by atoms with Crippen molar-refractivity contribution in [3.8, 4) is 17.2 Å². The van der Waals surface area contributed by atoms with E-state index in [2.05, 4.69) is 21.2 Å². The van der Waals surface area contributed by atoms with Gasteiger partial charge in [-0.1, -0.05) is 17.7 Å². The number of nitrogens with one attached hydrogen (secondary N) is 1. The molecule has 4 rings (SSSR count). The summed E-state index contributed by atoms with van der Waals surface area (Å²) in [6, 6.07) is 14.5. The molecule has 0 aliphatic carbocycles. The van der Waals surface area contributed by atoms with Crippen molar-refractivity contribution in [3.63, 3.8) is 0 Å². The van der Waals surface area contributed by atoms with E-state index in [-0.39, 0.29) is 17.9 Å². The number of urea groups is 1. The second kappa shape index (κ2) is 11.7. The Labute approximate surface area is 233 Å². The van der Waals surface area contributed by atoms with E-state index in [1.54, 1.807) is 24.3 Å². The number of halogens is 2. The molecular weight excluding hydrogens is 576 g/mol. The number of imide groups is 2. The maximum Gasteiger partial charge on any atom is 0.335 e. The summed E-state index contributed by atoms with van der Waals surface area (Å²) in [4.78, 5) is 39.0. The van der Waals surface area contributed by atoms with Crippen LogP contribution in [0.5, 0.6) is 17.2 Å². The standard InChI is InChI=1S/C28H24BrClN2O6/c1-16-4-9-21(12-17(16)2)37-10-11-38-25-23(29)14-18(15-24(25)36-3)13-22-26(33)31-28(35)32(27(22)34)20-7-5-19(30)6-8-20/h4-9,12-15H,10-11H2,1-3H3,(H,31,33,35). The molecule has 196 valence electrons. The Morgan fingerprint density at radius 1 is 0.947 bits per heavy atom. The molecule has 10 heteroatoms. The van der Waals surface area contributed by atoms with E-state index in [4.69, 9.17) is 25.8 Å². The number of aryl methyl sites for hydroxylation is 2. The van der Waals surface area contributed by atoms with Crippen molar-refractivity contribution in [2.75, 3.05) is 25.2 Å². The number of benzene rings is 3. The molecule has 1 aliphatic heterocycles. The van der Waals surface area contributed by atoms with E-state index in [9.17, 15) is 14.4 Å². The van der Waals surface area contributed by atoms with Crippen molar-refractivity contribution in [1.29, 1.82) is 0 Å². The number of amides is 4. The number of rotatable bonds is 8. The summed E-state index contributed by atoms with van der Waals surface area (Å²) < 4.78 is 17.7. The zero-order valence-electron chi connectivity index (χ0n) is 20.8. The summed E-state index contributed by atoms with van der Waals surface area (Å²) >= 11 is 9.39. The molecule has 1 N–H and O–H groups in total. The van der Waals surface area contributed by atoms with Crippen molar-refractivity contribution in [2.45, 2.75) is 13.8 Å². The van der Waals surface area contributed by atoms with Crippen LogP contribution in [-0.2, 0) is 9.59 Å². The van der Waals surface area contributed by atoms with E-state index in [0.29, 0.717) is 33.2 Å². The highest BCUT2D eigenvalue weighted by atomic mass is 79.9. The molecule has 0 saturated carbocycles. The molecule has 8 nitrogen and oxygen atoms in total. The van der Waals surface area contributed by atoms with Crippen LogP contribution in [0.25, 0.3) is 6.08 Å². The maximum absolute atomic E-state index is 13.1. The van der Waals surface area contributed by atoms with Gasteiger partial charge in [-0.15, -0.1) is 0 Å². The molecular formula is C28H24BrClN2O6. The zero-order chi connectivity index (χ0) is 27.4.